The van der Waals surface area contributed by atoms with Gasteiger partial charge in [0.2, 0.25) is 5.91 Å². The number of hydrogen-bond donors (Lipinski definition) is 2. The fraction of sp³-hybridized carbons (Fsp3) is 0.810. The van der Waals surface area contributed by atoms with Gasteiger partial charge in [-0.25, -0.2) is 0 Å². The molecule has 1 amide bonds. The molecule has 5 unspecified atom stereocenters. The summed E-state index contributed by atoms with van der Waals surface area (Å²) in [6.07, 6.45) is -3.22. The maximum absolute atomic E-state index is 11.8. The molecule has 1 fully saturated rings. The molecule has 0 radical (unpaired) electrons. The molecule has 11 nitrogen and oxygen atoms in total. The zero-order valence-corrected chi connectivity index (χ0v) is 19.5. The zero-order valence-electron chi connectivity index (χ0n) is 19.5. The van der Waals surface area contributed by atoms with Crippen molar-refractivity contribution in [2.75, 3.05) is 13.2 Å². The first-order valence-corrected chi connectivity index (χ1v) is 10.6. The van der Waals surface area contributed by atoms with Gasteiger partial charge in [-0.15, -0.1) is 0 Å². The molecular formula is C21H35NO10. The molecule has 1 aliphatic heterocycles. The van der Waals surface area contributed by atoms with Gasteiger partial charge >= 0.3 is 17.9 Å². The van der Waals surface area contributed by atoms with Gasteiger partial charge in [-0.2, -0.15) is 0 Å². The summed E-state index contributed by atoms with van der Waals surface area (Å²) in [7, 11) is 0. The van der Waals surface area contributed by atoms with Gasteiger partial charge in [0.25, 0.3) is 0 Å². The molecule has 32 heavy (non-hydrogen) atoms. The molecule has 0 aromatic heterocycles. The number of nitrogens with one attached hydrogen (secondary N) is 1. The Morgan fingerprint density at radius 2 is 1.56 bits per heavy atom. The van der Waals surface area contributed by atoms with Crippen LogP contribution >= 0.6 is 0 Å². The number of carbonyl (C=O) groups is 4. The summed E-state index contributed by atoms with van der Waals surface area (Å²) >= 11 is 0. The molecule has 1 aliphatic rings. The molecule has 5 atom stereocenters. The van der Waals surface area contributed by atoms with E-state index >= 15 is 0 Å². The van der Waals surface area contributed by atoms with Crippen molar-refractivity contribution >= 4 is 23.8 Å². The summed E-state index contributed by atoms with van der Waals surface area (Å²) in [6, 6.07) is -0.991. The van der Waals surface area contributed by atoms with Crippen LogP contribution in [0.15, 0.2) is 0 Å². The first-order valence-electron chi connectivity index (χ1n) is 10.6. The zero-order chi connectivity index (χ0) is 24.5. The van der Waals surface area contributed by atoms with Gasteiger partial charge in [0.1, 0.15) is 17.7 Å². The van der Waals surface area contributed by atoms with Crippen molar-refractivity contribution in [1.29, 1.82) is 0 Å². The Kier molecular flexibility index (Phi) is 11.0. The monoisotopic (exact) mass is 461 g/mol. The van der Waals surface area contributed by atoms with E-state index in [1.807, 2.05) is 0 Å². The fourth-order valence-corrected chi connectivity index (χ4v) is 3.21. The Hall–Kier alpha value is -2.24. The van der Waals surface area contributed by atoms with Crippen molar-refractivity contribution in [3.05, 3.63) is 0 Å². The van der Waals surface area contributed by atoms with Crippen LogP contribution in [0.1, 0.15) is 60.8 Å². The molecule has 0 saturated carbocycles. The van der Waals surface area contributed by atoms with Crippen LogP contribution in [0.4, 0.5) is 0 Å². The minimum absolute atomic E-state index is 0.159. The molecule has 11 heteroatoms. The highest BCUT2D eigenvalue weighted by molar-refractivity contribution is 5.73. The summed E-state index contributed by atoms with van der Waals surface area (Å²) < 4.78 is 27.3. The van der Waals surface area contributed by atoms with E-state index in [1.54, 1.807) is 20.8 Å². The van der Waals surface area contributed by atoms with Gasteiger partial charge < -0.3 is 34.1 Å². The number of aliphatic hydroxyl groups excluding tert-OH is 1. The predicted molar refractivity (Wildman–Crippen MR) is 110 cm³/mol. The number of hydrogen-bond acceptors (Lipinski definition) is 10. The molecule has 0 aromatic rings. The maximum atomic E-state index is 11.8. The van der Waals surface area contributed by atoms with E-state index in [2.05, 4.69) is 5.32 Å². The second-order valence-electron chi connectivity index (χ2n) is 8.51. The van der Waals surface area contributed by atoms with E-state index < -0.39 is 60.7 Å². The fourth-order valence-electron chi connectivity index (χ4n) is 3.21. The molecular weight excluding hydrogens is 426 g/mol. The van der Waals surface area contributed by atoms with Crippen LogP contribution in [0.25, 0.3) is 0 Å². The number of rotatable bonds is 10. The highest BCUT2D eigenvalue weighted by atomic mass is 16.7. The molecule has 0 aromatic carbocycles. The number of aliphatic hydroxyl groups is 1. The van der Waals surface area contributed by atoms with Crippen molar-refractivity contribution in [1.82, 2.24) is 5.32 Å². The third-order valence-electron chi connectivity index (χ3n) is 4.28. The van der Waals surface area contributed by atoms with E-state index in [9.17, 15) is 24.3 Å². The van der Waals surface area contributed by atoms with Crippen LogP contribution < -0.4 is 5.32 Å². The lowest BCUT2D eigenvalue weighted by Crippen LogP contribution is -2.66. The Bertz CT molecular complexity index is 659. The van der Waals surface area contributed by atoms with Crippen molar-refractivity contribution < 1.29 is 48.0 Å². The molecule has 0 aliphatic carbocycles. The lowest BCUT2D eigenvalue weighted by atomic mass is 9.96. The number of amides is 1. The Labute approximate surface area is 188 Å². The standard InChI is InChI=1S/C21H35NO10/c1-12(24)22-17-19(30-14(3)26)18(29-13(2)25)15(11-23)31-20(17)28-10-8-7-9-16(27)32-21(4,5)6/h15,17-20,23H,7-11H2,1-6H3,(H,22,24). The number of esters is 3. The molecule has 0 bridgehead atoms. The van der Waals surface area contributed by atoms with Gasteiger partial charge in [0.15, 0.2) is 18.5 Å². The van der Waals surface area contributed by atoms with E-state index in [1.165, 1.54) is 20.8 Å². The third kappa shape index (κ3) is 9.92. The molecule has 1 rings (SSSR count). The molecule has 1 saturated heterocycles. The van der Waals surface area contributed by atoms with Gasteiger partial charge in [-0.05, 0) is 33.6 Å². The smallest absolute Gasteiger partial charge is 0.306 e. The average Bonchev–Trinajstić information content (AvgIpc) is 2.62. The van der Waals surface area contributed by atoms with E-state index in [0.29, 0.717) is 12.8 Å². The van der Waals surface area contributed by atoms with Crippen LogP contribution in [0.5, 0.6) is 0 Å². The van der Waals surface area contributed by atoms with Crippen LogP contribution in [0.3, 0.4) is 0 Å². The predicted octanol–water partition coefficient (Wildman–Crippen LogP) is 0.600. The van der Waals surface area contributed by atoms with E-state index in [0.717, 1.165) is 0 Å². The van der Waals surface area contributed by atoms with Crippen molar-refractivity contribution in [3.63, 3.8) is 0 Å². The topological polar surface area (TPSA) is 147 Å². The van der Waals surface area contributed by atoms with E-state index in [-0.39, 0.29) is 19.0 Å². The summed E-state index contributed by atoms with van der Waals surface area (Å²) in [6.45, 7) is 8.59. The first kappa shape index (κ1) is 27.8. The summed E-state index contributed by atoms with van der Waals surface area (Å²) in [5.74, 6) is -2.10. The maximum Gasteiger partial charge on any atom is 0.306 e. The first-order chi connectivity index (χ1) is 14.8. The molecule has 0 spiro atoms. The van der Waals surface area contributed by atoms with Gasteiger partial charge in [-0.3, -0.25) is 19.2 Å². The second kappa shape index (κ2) is 12.7. The number of ether oxygens (including phenoxy) is 5. The lowest BCUT2D eigenvalue weighted by molar-refractivity contribution is -0.276. The van der Waals surface area contributed by atoms with Gasteiger partial charge in [0, 0.05) is 33.8 Å². The normalized spacial score (nSPS) is 25.5. The SMILES string of the molecule is CC(=O)NC1C(OCCCCC(=O)OC(C)(C)C)OC(CO)C(OC(C)=O)C1OC(C)=O. The van der Waals surface area contributed by atoms with Crippen molar-refractivity contribution in [3.8, 4) is 0 Å². The summed E-state index contributed by atoms with van der Waals surface area (Å²) in [5, 5.41) is 12.3. The van der Waals surface area contributed by atoms with Crippen molar-refractivity contribution in [2.45, 2.75) is 97.0 Å². The minimum Gasteiger partial charge on any atom is -0.460 e. The van der Waals surface area contributed by atoms with Gasteiger partial charge in [0.05, 0.1) is 6.61 Å². The average molecular weight is 462 g/mol. The van der Waals surface area contributed by atoms with E-state index in [4.69, 9.17) is 23.7 Å². The quantitative estimate of drug-likeness (QED) is 0.269. The lowest BCUT2D eigenvalue weighted by Gasteiger charge is -2.44. The third-order valence-corrected chi connectivity index (χ3v) is 4.28. The Balaban J connectivity index is 2.84. The van der Waals surface area contributed by atoms with Gasteiger partial charge in [-0.1, -0.05) is 0 Å². The minimum atomic E-state index is -1.15. The molecule has 1 heterocycles. The largest absolute Gasteiger partial charge is 0.460 e. The number of carbonyl (C=O) groups excluding carboxylic acids is 4. The number of unbranched alkanes of at least 4 members (excludes halogenated alkanes) is 1. The highest BCUT2D eigenvalue weighted by Crippen LogP contribution is 2.27. The van der Waals surface area contributed by atoms with Crippen LogP contribution in [0, 0.1) is 0 Å². The molecule has 2 N–H and O–H groups in total. The van der Waals surface area contributed by atoms with Crippen LogP contribution in [0.2, 0.25) is 0 Å². The summed E-state index contributed by atoms with van der Waals surface area (Å²) in [5.41, 5.74) is -0.557. The van der Waals surface area contributed by atoms with Crippen molar-refractivity contribution in [2.24, 2.45) is 0 Å². The molecule has 184 valence electrons. The second-order valence-corrected chi connectivity index (χ2v) is 8.51. The van der Waals surface area contributed by atoms with Crippen LogP contribution in [-0.2, 0) is 42.9 Å². The Morgan fingerprint density at radius 3 is 2.06 bits per heavy atom. The summed E-state index contributed by atoms with van der Waals surface area (Å²) in [4.78, 5) is 46.8. The Morgan fingerprint density at radius 1 is 0.969 bits per heavy atom. The highest BCUT2D eigenvalue weighted by Gasteiger charge is 2.50. The van der Waals surface area contributed by atoms with Crippen LogP contribution in [-0.4, -0.2) is 78.4 Å².